The van der Waals surface area contributed by atoms with Crippen LogP contribution in [0.5, 0.6) is 23.0 Å². The molecule has 4 aromatic rings. The normalized spacial score (nSPS) is 16.0. The summed E-state index contributed by atoms with van der Waals surface area (Å²) in [7, 11) is 4.47. The van der Waals surface area contributed by atoms with E-state index in [1.165, 1.54) is 31.8 Å². The number of hydrogen-bond acceptors (Lipinski definition) is 9. The first-order valence-electron chi connectivity index (χ1n) is 13.6. The van der Waals surface area contributed by atoms with Crippen LogP contribution in [-0.2, 0) is 19.5 Å². The lowest BCUT2D eigenvalue weighted by atomic mass is 10.00. The smallest absolute Gasteiger partial charge is 0.343 e. The van der Waals surface area contributed by atoms with Gasteiger partial charge in [-0.2, -0.15) is 0 Å². The number of nitrogens with one attached hydrogen (secondary N) is 2. The number of esters is 1. The zero-order valence-electron chi connectivity index (χ0n) is 23.6. The largest absolute Gasteiger partial charge is 0.493 e. The standard InChI is InChI=1S/C32H31N3O6S/c1-38-24-15-21(16-25(39-2)28(24)40-3)32(37)41-22-11-9-20(10-12-22)29-33-30(36)27-23-13-14-35(17-19-7-5-4-6-8-19)18-26(23)42-31(27)34-29/h4-12,15-16,29,34H,13-14,17-18H2,1-3H3,(H,33,36)/t29-/m1/s1. The summed E-state index contributed by atoms with van der Waals surface area (Å²) in [6.45, 7) is 2.63. The fourth-order valence-corrected chi connectivity index (χ4v) is 6.72. The summed E-state index contributed by atoms with van der Waals surface area (Å²) in [5, 5.41) is 7.50. The molecule has 2 aliphatic rings. The quantitative estimate of drug-likeness (QED) is 0.209. The zero-order chi connectivity index (χ0) is 29.2. The number of ether oxygens (including phenoxy) is 4. The predicted molar refractivity (Wildman–Crippen MR) is 160 cm³/mol. The van der Waals surface area contributed by atoms with Crippen molar-refractivity contribution in [1.82, 2.24) is 10.2 Å². The van der Waals surface area contributed by atoms with Crippen molar-refractivity contribution in [2.24, 2.45) is 0 Å². The molecule has 1 amide bonds. The van der Waals surface area contributed by atoms with Gasteiger partial charge in [0.2, 0.25) is 5.75 Å². The molecular formula is C32H31N3O6S. The van der Waals surface area contributed by atoms with Crippen molar-refractivity contribution in [3.8, 4) is 23.0 Å². The molecule has 0 bridgehead atoms. The molecule has 2 aliphatic heterocycles. The highest BCUT2D eigenvalue weighted by Crippen LogP contribution is 2.41. The van der Waals surface area contributed by atoms with Gasteiger partial charge in [0.15, 0.2) is 11.5 Å². The molecule has 0 saturated carbocycles. The third-order valence-corrected chi connectivity index (χ3v) is 8.64. The van der Waals surface area contributed by atoms with Crippen LogP contribution in [0.4, 0.5) is 5.00 Å². The summed E-state index contributed by atoms with van der Waals surface area (Å²) in [5.74, 6) is 0.836. The summed E-state index contributed by atoms with van der Waals surface area (Å²) in [6, 6.07) is 20.6. The van der Waals surface area contributed by atoms with Gasteiger partial charge in [-0.05, 0) is 47.4 Å². The molecule has 1 atom stereocenters. The van der Waals surface area contributed by atoms with E-state index in [0.717, 1.165) is 47.7 Å². The minimum atomic E-state index is -0.568. The second kappa shape index (κ2) is 11.8. The number of fused-ring (bicyclic) bond motifs is 3. The Labute approximate surface area is 248 Å². The van der Waals surface area contributed by atoms with Crippen molar-refractivity contribution >= 4 is 28.2 Å². The first kappa shape index (κ1) is 27.6. The van der Waals surface area contributed by atoms with Gasteiger partial charge in [0.1, 0.15) is 16.9 Å². The Morgan fingerprint density at radius 3 is 2.33 bits per heavy atom. The molecule has 3 aromatic carbocycles. The highest BCUT2D eigenvalue weighted by molar-refractivity contribution is 7.16. The van der Waals surface area contributed by atoms with E-state index in [-0.39, 0.29) is 11.5 Å². The number of thiophene rings is 1. The number of benzene rings is 3. The van der Waals surface area contributed by atoms with Crippen LogP contribution in [0.1, 0.15) is 48.4 Å². The third kappa shape index (κ3) is 5.38. The average Bonchev–Trinajstić information content (AvgIpc) is 3.39. The van der Waals surface area contributed by atoms with Crippen LogP contribution in [0.2, 0.25) is 0 Å². The van der Waals surface area contributed by atoms with Crippen molar-refractivity contribution in [3.05, 3.63) is 99.4 Å². The Morgan fingerprint density at radius 1 is 0.952 bits per heavy atom. The molecule has 3 heterocycles. The number of amides is 1. The van der Waals surface area contributed by atoms with Crippen molar-refractivity contribution in [2.75, 3.05) is 33.2 Å². The van der Waals surface area contributed by atoms with E-state index >= 15 is 0 Å². The summed E-state index contributed by atoms with van der Waals surface area (Å²) < 4.78 is 21.6. The average molecular weight is 586 g/mol. The van der Waals surface area contributed by atoms with E-state index < -0.39 is 12.1 Å². The Balaban J connectivity index is 1.14. The Bertz CT molecular complexity index is 1590. The molecule has 216 valence electrons. The summed E-state index contributed by atoms with van der Waals surface area (Å²) >= 11 is 1.66. The number of nitrogens with zero attached hydrogens (tertiary/aromatic N) is 1. The Morgan fingerprint density at radius 2 is 1.67 bits per heavy atom. The second-order valence-corrected chi connectivity index (χ2v) is 11.2. The van der Waals surface area contributed by atoms with Crippen LogP contribution in [0.25, 0.3) is 0 Å². The van der Waals surface area contributed by atoms with Gasteiger partial charge >= 0.3 is 5.97 Å². The van der Waals surface area contributed by atoms with Crippen molar-refractivity contribution in [3.63, 3.8) is 0 Å². The summed E-state index contributed by atoms with van der Waals surface area (Å²) in [4.78, 5) is 29.8. The maximum atomic E-state index is 13.2. The number of methoxy groups -OCH3 is 3. The number of rotatable bonds is 8. The molecule has 0 aliphatic carbocycles. The minimum absolute atomic E-state index is 0.0688. The lowest BCUT2D eigenvalue weighted by Crippen LogP contribution is -2.38. The van der Waals surface area contributed by atoms with Gasteiger partial charge in [0.25, 0.3) is 5.91 Å². The fraction of sp³-hybridized carbons (Fsp3) is 0.250. The lowest BCUT2D eigenvalue weighted by molar-refractivity contribution is 0.0733. The molecule has 0 radical (unpaired) electrons. The number of anilines is 1. The van der Waals surface area contributed by atoms with Gasteiger partial charge in [-0.15, -0.1) is 11.3 Å². The molecule has 10 heteroatoms. The Hall–Kier alpha value is -4.54. The van der Waals surface area contributed by atoms with Gasteiger partial charge in [0.05, 0.1) is 32.5 Å². The monoisotopic (exact) mass is 585 g/mol. The van der Waals surface area contributed by atoms with E-state index in [1.54, 1.807) is 35.6 Å². The SMILES string of the molecule is COc1cc(C(=O)Oc2ccc([C@@H]3NC(=O)c4c(sc5c4CCN(Cc4ccccc4)C5)N3)cc2)cc(OC)c1OC. The first-order valence-corrected chi connectivity index (χ1v) is 14.4. The molecule has 42 heavy (non-hydrogen) atoms. The van der Waals surface area contributed by atoms with E-state index in [2.05, 4.69) is 39.8 Å². The van der Waals surface area contributed by atoms with Crippen LogP contribution in [0.15, 0.2) is 66.7 Å². The molecule has 9 nitrogen and oxygen atoms in total. The predicted octanol–water partition coefficient (Wildman–Crippen LogP) is 5.41. The van der Waals surface area contributed by atoms with E-state index in [9.17, 15) is 9.59 Å². The van der Waals surface area contributed by atoms with Crippen LogP contribution < -0.4 is 29.6 Å². The fourth-order valence-electron chi connectivity index (χ4n) is 5.41. The van der Waals surface area contributed by atoms with Crippen molar-refractivity contribution in [1.29, 1.82) is 0 Å². The Kier molecular flexibility index (Phi) is 7.73. The lowest BCUT2D eigenvalue weighted by Gasteiger charge is -2.28. The topological polar surface area (TPSA) is 98.4 Å². The highest BCUT2D eigenvalue weighted by Gasteiger charge is 2.33. The summed E-state index contributed by atoms with van der Waals surface area (Å²) in [5.41, 5.74) is 4.30. The van der Waals surface area contributed by atoms with Crippen molar-refractivity contribution in [2.45, 2.75) is 25.7 Å². The molecule has 0 spiro atoms. The van der Waals surface area contributed by atoms with Crippen molar-refractivity contribution < 1.29 is 28.5 Å². The van der Waals surface area contributed by atoms with Gasteiger partial charge in [-0.1, -0.05) is 42.5 Å². The van der Waals surface area contributed by atoms with Gasteiger partial charge < -0.3 is 29.6 Å². The molecular weight excluding hydrogens is 554 g/mol. The third-order valence-electron chi connectivity index (χ3n) is 7.49. The molecule has 0 unspecified atom stereocenters. The van der Waals surface area contributed by atoms with E-state index in [0.29, 0.717) is 23.0 Å². The van der Waals surface area contributed by atoms with E-state index in [1.807, 2.05) is 18.2 Å². The van der Waals surface area contributed by atoms with Crippen LogP contribution in [0.3, 0.4) is 0 Å². The first-order chi connectivity index (χ1) is 20.5. The van der Waals surface area contributed by atoms with Crippen LogP contribution in [-0.4, -0.2) is 44.7 Å². The maximum absolute atomic E-state index is 13.2. The van der Waals surface area contributed by atoms with Crippen LogP contribution in [0, 0.1) is 0 Å². The minimum Gasteiger partial charge on any atom is -0.493 e. The van der Waals surface area contributed by atoms with E-state index in [4.69, 9.17) is 18.9 Å². The maximum Gasteiger partial charge on any atom is 0.343 e. The molecule has 0 fully saturated rings. The second-order valence-electron chi connectivity index (χ2n) is 10.1. The number of carbonyl (C=O) groups excluding carboxylic acids is 2. The van der Waals surface area contributed by atoms with Gasteiger partial charge in [-0.3, -0.25) is 9.69 Å². The molecule has 6 rings (SSSR count). The number of hydrogen-bond donors (Lipinski definition) is 2. The molecule has 1 aromatic heterocycles. The van der Waals surface area contributed by atoms with Crippen LogP contribution >= 0.6 is 11.3 Å². The highest BCUT2D eigenvalue weighted by atomic mass is 32.1. The molecule has 2 N–H and O–H groups in total. The van der Waals surface area contributed by atoms with Gasteiger partial charge in [-0.25, -0.2) is 4.79 Å². The summed E-state index contributed by atoms with van der Waals surface area (Å²) in [6.07, 6.45) is 0.449. The molecule has 0 saturated heterocycles. The zero-order valence-corrected chi connectivity index (χ0v) is 24.4. The van der Waals surface area contributed by atoms with Gasteiger partial charge in [0, 0.05) is 24.5 Å². The number of carbonyl (C=O) groups is 2.